The lowest BCUT2D eigenvalue weighted by molar-refractivity contribution is 0.0949. The van der Waals surface area contributed by atoms with Crippen LogP contribution in [0.3, 0.4) is 0 Å². The van der Waals surface area contributed by atoms with Gasteiger partial charge < -0.3 is 10.5 Å². The third-order valence-electron chi connectivity index (χ3n) is 4.70. The topological polar surface area (TPSA) is 146 Å². The van der Waals surface area contributed by atoms with Crippen molar-refractivity contribution in [2.24, 2.45) is 5.10 Å². The molecule has 1 amide bonds. The Labute approximate surface area is 182 Å². The summed E-state index contributed by atoms with van der Waals surface area (Å²) in [6.45, 7) is 4.15. The number of nitrogen functional groups attached to an aromatic ring is 1. The van der Waals surface area contributed by atoms with Gasteiger partial charge in [0.2, 0.25) is 11.6 Å². The number of hydrogen-bond donors (Lipinski definition) is 2. The SMILES string of the molecule is Cc1ccccc1COc1cccc(/C=N/NC(=O)c2nnn(-c3nonc3N)c2C)c1. The van der Waals surface area contributed by atoms with Gasteiger partial charge in [0.25, 0.3) is 5.91 Å². The number of nitrogens with zero attached hydrogens (tertiary/aromatic N) is 6. The Morgan fingerprint density at radius 3 is 2.84 bits per heavy atom. The molecule has 2 aromatic heterocycles. The molecule has 162 valence electrons. The summed E-state index contributed by atoms with van der Waals surface area (Å²) in [4.78, 5) is 12.4. The van der Waals surface area contributed by atoms with E-state index in [9.17, 15) is 4.79 Å². The zero-order valence-electron chi connectivity index (χ0n) is 17.4. The molecule has 3 N–H and O–H groups in total. The molecule has 32 heavy (non-hydrogen) atoms. The molecule has 2 aromatic carbocycles. The Kier molecular flexibility index (Phi) is 5.88. The molecule has 2 heterocycles. The second-order valence-electron chi connectivity index (χ2n) is 6.90. The summed E-state index contributed by atoms with van der Waals surface area (Å²) < 4.78 is 11.7. The Morgan fingerprint density at radius 2 is 2.06 bits per heavy atom. The molecule has 0 fully saturated rings. The first-order valence-corrected chi connectivity index (χ1v) is 9.64. The first-order valence-electron chi connectivity index (χ1n) is 9.64. The summed E-state index contributed by atoms with van der Waals surface area (Å²) in [5.41, 5.74) is 11.6. The normalized spacial score (nSPS) is 11.1. The number of hydrogen-bond acceptors (Lipinski definition) is 9. The minimum Gasteiger partial charge on any atom is -0.489 e. The third kappa shape index (κ3) is 4.46. The molecule has 0 aliphatic carbocycles. The van der Waals surface area contributed by atoms with Crippen molar-refractivity contribution in [2.45, 2.75) is 20.5 Å². The number of aryl methyl sites for hydroxylation is 1. The molecule has 4 rings (SSSR count). The predicted molar refractivity (Wildman–Crippen MR) is 115 cm³/mol. The van der Waals surface area contributed by atoms with Gasteiger partial charge in [-0.3, -0.25) is 4.79 Å². The number of anilines is 1. The van der Waals surface area contributed by atoms with Crippen molar-refractivity contribution >= 4 is 17.9 Å². The fourth-order valence-corrected chi connectivity index (χ4v) is 2.91. The van der Waals surface area contributed by atoms with Crippen LogP contribution < -0.4 is 15.9 Å². The van der Waals surface area contributed by atoms with Crippen LogP contribution in [0.5, 0.6) is 5.75 Å². The predicted octanol–water partition coefficient (Wildman–Crippen LogP) is 2.19. The van der Waals surface area contributed by atoms with Crippen molar-refractivity contribution in [1.29, 1.82) is 0 Å². The second kappa shape index (κ2) is 9.08. The van der Waals surface area contributed by atoms with Crippen LogP contribution in [0.1, 0.15) is 32.9 Å². The van der Waals surface area contributed by atoms with Crippen LogP contribution in [0, 0.1) is 13.8 Å². The average Bonchev–Trinajstić information content (AvgIpc) is 3.38. The van der Waals surface area contributed by atoms with Crippen LogP contribution in [0.2, 0.25) is 0 Å². The monoisotopic (exact) mass is 432 g/mol. The molecule has 11 nitrogen and oxygen atoms in total. The van der Waals surface area contributed by atoms with Gasteiger partial charge in [0, 0.05) is 0 Å². The van der Waals surface area contributed by atoms with E-state index in [0.29, 0.717) is 18.1 Å². The van der Waals surface area contributed by atoms with E-state index in [4.69, 9.17) is 10.5 Å². The number of ether oxygens (including phenoxy) is 1. The fraction of sp³-hybridized carbons (Fsp3) is 0.143. The number of rotatable bonds is 7. The van der Waals surface area contributed by atoms with Crippen LogP contribution in [0.25, 0.3) is 5.82 Å². The summed E-state index contributed by atoms with van der Waals surface area (Å²) in [5, 5.41) is 18.8. The number of benzene rings is 2. The van der Waals surface area contributed by atoms with Crippen molar-refractivity contribution in [1.82, 2.24) is 30.7 Å². The molecule has 0 aliphatic rings. The van der Waals surface area contributed by atoms with Gasteiger partial charge in [0.05, 0.1) is 11.9 Å². The quantitative estimate of drug-likeness (QED) is 0.334. The maximum Gasteiger partial charge on any atom is 0.293 e. The highest BCUT2D eigenvalue weighted by Crippen LogP contribution is 2.16. The van der Waals surface area contributed by atoms with Crippen molar-refractivity contribution in [2.75, 3.05) is 5.73 Å². The Hall–Kier alpha value is -4.54. The van der Waals surface area contributed by atoms with E-state index >= 15 is 0 Å². The van der Waals surface area contributed by atoms with E-state index < -0.39 is 5.91 Å². The molecule has 0 aliphatic heterocycles. The molecular weight excluding hydrogens is 412 g/mol. The van der Waals surface area contributed by atoms with E-state index in [2.05, 4.69) is 35.8 Å². The van der Waals surface area contributed by atoms with Crippen molar-refractivity contribution in [3.8, 4) is 11.6 Å². The van der Waals surface area contributed by atoms with Gasteiger partial charge in [-0.2, -0.15) is 9.78 Å². The molecule has 0 radical (unpaired) electrons. The minimum absolute atomic E-state index is 0.0347. The first kappa shape index (κ1) is 20.7. The number of hydrazone groups is 1. The third-order valence-corrected chi connectivity index (χ3v) is 4.70. The lowest BCUT2D eigenvalue weighted by Crippen LogP contribution is -2.19. The van der Waals surface area contributed by atoms with Gasteiger partial charge in [0.15, 0.2) is 5.69 Å². The highest BCUT2D eigenvalue weighted by atomic mass is 16.6. The standard InChI is InChI=1S/C21H20N8O3/c1-13-6-3-4-8-16(13)12-31-17-9-5-7-15(10-17)11-23-25-21(30)18-14(2)29(28-24-18)20-19(22)26-32-27-20/h3-11H,12H2,1-2H3,(H2,22,26)(H,25,30)/b23-11+. The molecule has 0 bridgehead atoms. The maximum atomic E-state index is 12.4. The summed E-state index contributed by atoms with van der Waals surface area (Å²) in [6.07, 6.45) is 1.51. The number of aromatic nitrogens is 5. The summed E-state index contributed by atoms with van der Waals surface area (Å²) >= 11 is 0. The Balaban J connectivity index is 1.39. The van der Waals surface area contributed by atoms with Gasteiger partial charge in [-0.1, -0.05) is 41.6 Å². The molecule has 0 saturated heterocycles. The van der Waals surface area contributed by atoms with E-state index in [-0.39, 0.29) is 17.3 Å². The lowest BCUT2D eigenvalue weighted by atomic mass is 10.1. The molecule has 0 unspecified atom stereocenters. The number of nitrogens with two attached hydrogens (primary N) is 1. The lowest BCUT2D eigenvalue weighted by Gasteiger charge is -2.09. The maximum absolute atomic E-state index is 12.4. The highest BCUT2D eigenvalue weighted by Gasteiger charge is 2.20. The zero-order chi connectivity index (χ0) is 22.5. The van der Waals surface area contributed by atoms with Crippen molar-refractivity contribution in [3.05, 3.63) is 76.6 Å². The van der Waals surface area contributed by atoms with Crippen LogP contribution in [0.4, 0.5) is 5.82 Å². The Bertz CT molecular complexity index is 1280. The van der Waals surface area contributed by atoms with Gasteiger partial charge in [0.1, 0.15) is 12.4 Å². The fourth-order valence-electron chi connectivity index (χ4n) is 2.91. The molecule has 4 aromatic rings. The van der Waals surface area contributed by atoms with Gasteiger partial charge in [-0.15, -0.1) is 5.10 Å². The average molecular weight is 432 g/mol. The number of nitrogens with one attached hydrogen (secondary N) is 1. The van der Waals surface area contributed by atoms with Crippen molar-refractivity contribution < 1.29 is 14.2 Å². The molecule has 0 saturated carbocycles. The zero-order valence-corrected chi connectivity index (χ0v) is 17.4. The van der Waals surface area contributed by atoms with Crippen LogP contribution >= 0.6 is 0 Å². The van der Waals surface area contributed by atoms with E-state index in [1.54, 1.807) is 6.92 Å². The van der Waals surface area contributed by atoms with E-state index in [0.717, 1.165) is 11.1 Å². The minimum atomic E-state index is -0.535. The Morgan fingerprint density at radius 1 is 1.22 bits per heavy atom. The number of carbonyl (C=O) groups excluding carboxylic acids is 1. The van der Waals surface area contributed by atoms with E-state index in [1.165, 1.54) is 16.5 Å². The molecule has 11 heteroatoms. The highest BCUT2D eigenvalue weighted by molar-refractivity contribution is 5.94. The van der Waals surface area contributed by atoms with Crippen LogP contribution in [-0.2, 0) is 6.61 Å². The van der Waals surface area contributed by atoms with Gasteiger partial charge in [-0.05, 0) is 53.0 Å². The first-order chi connectivity index (χ1) is 15.5. The summed E-state index contributed by atoms with van der Waals surface area (Å²) in [6, 6.07) is 15.4. The molecular formula is C21H20N8O3. The van der Waals surface area contributed by atoms with Crippen LogP contribution in [0.15, 0.2) is 58.3 Å². The molecule has 0 spiro atoms. The van der Waals surface area contributed by atoms with Gasteiger partial charge >= 0.3 is 0 Å². The smallest absolute Gasteiger partial charge is 0.293 e. The van der Waals surface area contributed by atoms with Gasteiger partial charge in [-0.25, -0.2) is 10.1 Å². The number of carbonyl (C=O) groups is 1. The summed E-state index contributed by atoms with van der Waals surface area (Å²) in [7, 11) is 0. The second-order valence-corrected chi connectivity index (χ2v) is 6.90. The number of amides is 1. The largest absolute Gasteiger partial charge is 0.489 e. The molecule has 0 atom stereocenters. The van der Waals surface area contributed by atoms with Crippen LogP contribution in [-0.4, -0.2) is 37.4 Å². The summed E-state index contributed by atoms with van der Waals surface area (Å²) in [5.74, 6) is 0.348. The van der Waals surface area contributed by atoms with E-state index in [1.807, 2.05) is 55.5 Å². The van der Waals surface area contributed by atoms with Crippen molar-refractivity contribution in [3.63, 3.8) is 0 Å².